The van der Waals surface area contributed by atoms with Crippen molar-refractivity contribution in [2.24, 2.45) is 0 Å². The second kappa shape index (κ2) is 5.68. The predicted octanol–water partition coefficient (Wildman–Crippen LogP) is 3.37. The van der Waals surface area contributed by atoms with Gasteiger partial charge in [0.25, 0.3) is 5.89 Å². The number of benzene rings is 1. The van der Waals surface area contributed by atoms with E-state index < -0.39 is 0 Å². The van der Waals surface area contributed by atoms with E-state index in [-0.39, 0.29) is 6.01 Å². The summed E-state index contributed by atoms with van der Waals surface area (Å²) in [7, 11) is 0. The zero-order valence-electron chi connectivity index (χ0n) is 11.2. The van der Waals surface area contributed by atoms with Crippen LogP contribution in [0, 0.1) is 10.5 Å². The van der Waals surface area contributed by atoms with Gasteiger partial charge in [0.15, 0.2) is 0 Å². The van der Waals surface area contributed by atoms with E-state index in [0.717, 1.165) is 22.5 Å². The average molecular weight is 393 g/mol. The Morgan fingerprint density at radius 1 is 1.19 bits per heavy atom. The minimum atomic E-state index is 0.0400. The summed E-state index contributed by atoms with van der Waals surface area (Å²) >= 11 is 2.28. The topological polar surface area (TPSA) is 89.9 Å². The number of pyridine rings is 1. The van der Waals surface area contributed by atoms with Gasteiger partial charge >= 0.3 is 6.01 Å². The number of hydrogen-bond acceptors (Lipinski definition) is 6. The van der Waals surface area contributed by atoms with Crippen LogP contribution in [0.3, 0.4) is 0 Å². The summed E-state index contributed by atoms with van der Waals surface area (Å²) < 4.78 is 6.47. The number of aromatic nitrogens is 3. The number of hydrogen-bond donors (Lipinski definition) is 2. The van der Waals surface area contributed by atoms with Crippen molar-refractivity contribution in [1.29, 1.82) is 0 Å². The molecule has 3 rings (SSSR count). The minimum absolute atomic E-state index is 0.0400. The normalized spacial score (nSPS) is 10.6. The average Bonchev–Trinajstić information content (AvgIpc) is 2.89. The zero-order valence-corrected chi connectivity index (χ0v) is 13.3. The highest BCUT2D eigenvalue weighted by molar-refractivity contribution is 14.1. The van der Waals surface area contributed by atoms with Crippen LogP contribution < -0.4 is 11.1 Å². The van der Waals surface area contributed by atoms with E-state index in [1.807, 2.05) is 19.1 Å². The summed E-state index contributed by atoms with van der Waals surface area (Å²) in [4.78, 5) is 4.14. The largest absolute Gasteiger partial charge is 0.403 e. The maximum Gasteiger partial charge on any atom is 0.313 e. The molecule has 0 fully saturated rings. The Balaban J connectivity index is 1.99. The van der Waals surface area contributed by atoms with Crippen molar-refractivity contribution in [2.75, 3.05) is 11.1 Å². The first-order valence-corrected chi connectivity index (χ1v) is 7.28. The van der Waals surface area contributed by atoms with E-state index in [0.29, 0.717) is 5.89 Å². The highest BCUT2D eigenvalue weighted by Gasteiger charge is 2.12. The monoisotopic (exact) mass is 393 g/mol. The molecule has 2 heterocycles. The zero-order chi connectivity index (χ0) is 14.8. The first-order chi connectivity index (χ1) is 10.1. The number of halogens is 1. The Morgan fingerprint density at radius 2 is 2.05 bits per heavy atom. The fourth-order valence-corrected chi connectivity index (χ4v) is 2.58. The number of nitrogens with one attached hydrogen (secondary N) is 1. The molecule has 1 aromatic carbocycles. The van der Waals surface area contributed by atoms with E-state index in [9.17, 15) is 0 Å². The minimum Gasteiger partial charge on any atom is -0.403 e. The van der Waals surface area contributed by atoms with Gasteiger partial charge in [-0.05, 0) is 59.3 Å². The maximum absolute atomic E-state index is 5.48. The van der Waals surface area contributed by atoms with Crippen LogP contribution >= 0.6 is 22.6 Å². The Bertz CT molecular complexity index is 787. The molecule has 0 aliphatic rings. The van der Waals surface area contributed by atoms with Crippen molar-refractivity contribution < 1.29 is 4.42 Å². The lowest BCUT2D eigenvalue weighted by Crippen LogP contribution is -1.97. The van der Waals surface area contributed by atoms with Crippen molar-refractivity contribution in [3.63, 3.8) is 0 Å². The van der Waals surface area contributed by atoms with Crippen molar-refractivity contribution in [1.82, 2.24) is 15.2 Å². The van der Waals surface area contributed by atoms with Gasteiger partial charge in [0.1, 0.15) is 0 Å². The number of rotatable bonds is 3. The van der Waals surface area contributed by atoms with Crippen LogP contribution in [0.2, 0.25) is 0 Å². The second-order valence-corrected chi connectivity index (χ2v) is 5.70. The first-order valence-electron chi connectivity index (χ1n) is 6.20. The smallest absolute Gasteiger partial charge is 0.313 e. The standard InChI is InChI=1S/C14H12IN5O/c1-8-6-9(15)2-3-11(8)18-12-7-17-5-4-10(12)13-19-20-14(16)21-13/h2-7,18H,1H3,(H2,16,20). The van der Waals surface area contributed by atoms with Crippen molar-refractivity contribution >= 4 is 40.0 Å². The van der Waals surface area contributed by atoms with E-state index in [1.165, 1.54) is 3.57 Å². The molecule has 3 aromatic rings. The summed E-state index contributed by atoms with van der Waals surface area (Å²) in [5.41, 5.74) is 9.16. The molecule has 0 unspecified atom stereocenters. The lowest BCUT2D eigenvalue weighted by molar-refractivity contribution is 0.590. The van der Waals surface area contributed by atoms with Gasteiger partial charge in [-0.1, -0.05) is 5.10 Å². The predicted molar refractivity (Wildman–Crippen MR) is 89.1 cm³/mol. The molecule has 7 heteroatoms. The van der Waals surface area contributed by atoms with Gasteiger partial charge in [0, 0.05) is 15.5 Å². The number of nitrogens with zero attached hydrogens (tertiary/aromatic N) is 3. The Morgan fingerprint density at radius 3 is 2.76 bits per heavy atom. The summed E-state index contributed by atoms with van der Waals surface area (Å²) in [5.74, 6) is 0.362. The van der Waals surface area contributed by atoms with Crippen LogP contribution in [0.5, 0.6) is 0 Å². The van der Waals surface area contributed by atoms with Crippen LogP contribution in [0.4, 0.5) is 17.4 Å². The maximum atomic E-state index is 5.48. The summed E-state index contributed by atoms with van der Waals surface area (Å²) in [6.07, 6.45) is 3.38. The molecular weight excluding hydrogens is 381 g/mol. The SMILES string of the molecule is Cc1cc(I)ccc1Nc1cnccc1-c1nnc(N)o1. The van der Waals surface area contributed by atoms with Crippen LogP contribution in [0.1, 0.15) is 5.56 Å². The Kier molecular flexibility index (Phi) is 3.74. The Hall–Kier alpha value is -2.16. The van der Waals surface area contributed by atoms with Gasteiger partial charge in [-0.15, -0.1) is 5.10 Å². The third-order valence-electron chi connectivity index (χ3n) is 2.95. The van der Waals surface area contributed by atoms with E-state index in [4.69, 9.17) is 10.2 Å². The highest BCUT2D eigenvalue weighted by Crippen LogP contribution is 2.30. The summed E-state index contributed by atoms with van der Waals surface area (Å²) in [5, 5.41) is 10.9. The molecule has 0 radical (unpaired) electrons. The molecule has 0 bridgehead atoms. The molecule has 0 aliphatic heterocycles. The number of anilines is 3. The second-order valence-electron chi connectivity index (χ2n) is 4.45. The molecule has 0 saturated heterocycles. The molecule has 6 nitrogen and oxygen atoms in total. The van der Waals surface area contributed by atoms with Crippen LogP contribution in [-0.2, 0) is 0 Å². The fourth-order valence-electron chi connectivity index (χ4n) is 1.94. The molecule has 21 heavy (non-hydrogen) atoms. The number of nitrogen functional groups attached to an aromatic ring is 1. The van der Waals surface area contributed by atoms with Gasteiger partial charge < -0.3 is 15.5 Å². The molecule has 106 valence electrons. The summed E-state index contributed by atoms with van der Waals surface area (Å²) in [6.45, 7) is 2.05. The third-order valence-corrected chi connectivity index (χ3v) is 3.62. The van der Waals surface area contributed by atoms with Gasteiger partial charge in [0.05, 0.1) is 17.4 Å². The Labute approximate surface area is 134 Å². The van der Waals surface area contributed by atoms with E-state index >= 15 is 0 Å². The molecule has 0 saturated carbocycles. The lowest BCUT2D eigenvalue weighted by atomic mass is 10.1. The van der Waals surface area contributed by atoms with E-state index in [1.54, 1.807) is 18.5 Å². The van der Waals surface area contributed by atoms with Gasteiger partial charge in [-0.25, -0.2) is 0 Å². The lowest BCUT2D eigenvalue weighted by Gasteiger charge is -2.11. The summed E-state index contributed by atoms with van der Waals surface area (Å²) in [6, 6.07) is 8.01. The van der Waals surface area contributed by atoms with Crippen LogP contribution in [0.25, 0.3) is 11.5 Å². The van der Waals surface area contributed by atoms with Gasteiger partial charge in [0.2, 0.25) is 0 Å². The molecule has 3 N–H and O–H groups in total. The van der Waals surface area contributed by atoms with Crippen LogP contribution in [0.15, 0.2) is 41.1 Å². The molecule has 0 amide bonds. The number of aryl methyl sites for hydroxylation is 1. The van der Waals surface area contributed by atoms with Gasteiger partial charge in [-0.3, -0.25) is 4.98 Å². The molecule has 0 atom stereocenters. The van der Waals surface area contributed by atoms with Crippen LogP contribution in [-0.4, -0.2) is 15.2 Å². The highest BCUT2D eigenvalue weighted by atomic mass is 127. The fraction of sp³-hybridized carbons (Fsp3) is 0.0714. The van der Waals surface area contributed by atoms with Crippen molar-refractivity contribution in [3.05, 3.63) is 45.8 Å². The van der Waals surface area contributed by atoms with Crippen molar-refractivity contribution in [2.45, 2.75) is 6.92 Å². The molecular formula is C14H12IN5O. The third kappa shape index (κ3) is 2.97. The van der Waals surface area contributed by atoms with E-state index in [2.05, 4.69) is 49.2 Å². The molecule has 0 spiro atoms. The molecule has 2 aromatic heterocycles. The quantitative estimate of drug-likeness (QED) is 0.664. The number of nitrogens with two attached hydrogens (primary N) is 1. The van der Waals surface area contributed by atoms with Crippen molar-refractivity contribution in [3.8, 4) is 11.5 Å². The van der Waals surface area contributed by atoms with Gasteiger partial charge in [-0.2, -0.15) is 0 Å². The molecule has 0 aliphatic carbocycles. The first kappa shape index (κ1) is 13.8.